The van der Waals surface area contributed by atoms with Gasteiger partial charge in [-0.25, -0.2) is 0 Å². The Bertz CT molecular complexity index is 262. The van der Waals surface area contributed by atoms with Gasteiger partial charge in [0.2, 0.25) is 5.91 Å². The van der Waals surface area contributed by atoms with Crippen molar-refractivity contribution in [1.29, 1.82) is 5.26 Å². The van der Waals surface area contributed by atoms with Crippen molar-refractivity contribution in [1.82, 2.24) is 10.6 Å². The normalized spacial score (nSPS) is 24.0. The Labute approximate surface area is 96.2 Å². The third-order valence-electron chi connectivity index (χ3n) is 2.78. The van der Waals surface area contributed by atoms with Crippen LogP contribution in [-0.4, -0.2) is 38.3 Å². The molecule has 1 aliphatic heterocycles. The van der Waals surface area contributed by atoms with Crippen LogP contribution in [0.4, 0.5) is 0 Å². The van der Waals surface area contributed by atoms with Crippen molar-refractivity contribution in [2.75, 3.05) is 26.2 Å². The Morgan fingerprint density at radius 3 is 3.06 bits per heavy atom. The number of rotatable bonds is 6. The standard InChI is InChI=1S/C11H19N3O2/c1-9-10(3-6-16-9)7-13-8-11(15)14-5-2-4-12/h9-10,13H,2-3,5-8H2,1H3,(H,14,15). The first kappa shape index (κ1) is 12.9. The molecule has 0 aromatic heterocycles. The lowest BCUT2D eigenvalue weighted by atomic mass is 10.0. The van der Waals surface area contributed by atoms with Crippen LogP contribution >= 0.6 is 0 Å². The van der Waals surface area contributed by atoms with Gasteiger partial charge in [-0.2, -0.15) is 5.26 Å². The zero-order chi connectivity index (χ0) is 11.8. The van der Waals surface area contributed by atoms with E-state index in [2.05, 4.69) is 17.6 Å². The second kappa shape index (κ2) is 7.20. The van der Waals surface area contributed by atoms with Gasteiger partial charge in [0.05, 0.1) is 25.1 Å². The number of hydrogen-bond acceptors (Lipinski definition) is 4. The van der Waals surface area contributed by atoms with E-state index in [1.165, 1.54) is 0 Å². The highest BCUT2D eigenvalue weighted by Crippen LogP contribution is 2.18. The van der Waals surface area contributed by atoms with Crippen molar-refractivity contribution >= 4 is 5.91 Å². The Kier molecular flexibility index (Phi) is 5.83. The third kappa shape index (κ3) is 4.60. The molecule has 0 aromatic rings. The molecule has 5 heteroatoms. The van der Waals surface area contributed by atoms with Crippen molar-refractivity contribution in [2.24, 2.45) is 5.92 Å². The van der Waals surface area contributed by atoms with E-state index >= 15 is 0 Å². The first-order chi connectivity index (χ1) is 7.74. The number of nitrogens with one attached hydrogen (secondary N) is 2. The maximum Gasteiger partial charge on any atom is 0.233 e. The zero-order valence-electron chi connectivity index (χ0n) is 9.66. The molecule has 5 nitrogen and oxygen atoms in total. The summed E-state index contributed by atoms with van der Waals surface area (Å²) >= 11 is 0. The number of nitriles is 1. The Morgan fingerprint density at radius 1 is 1.62 bits per heavy atom. The molecule has 1 rings (SSSR count). The first-order valence-corrected chi connectivity index (χ1v) is 5.70. The van der Waals surface area contributed by atoms with Crippen molar-refractivity contribution in [2.45, 2.75) is 25.9 Å². The highest BCUT2D eigenvalue weighted by atomic mass is 16.5. The monoisotopic (exact) mass is 225 g/mol. The second-order valence-corrected chi connectivity index (χ2v) is 4.01. The summed E-state index contributed by atoms with van der Waals surface area (Å²) in [4.78, 5) is 11.3. The number of amides is 1. The van der Waals surface area contributed by atoms with Crippen molar-refractivity contribution in [3.63, 3.8) is 0 Å². The molecule has 0 bridgehead atoms. The molecule has 1 saturated heterocycles. The van der Waals surface area contributed by atoms with Gasteiger partial charge in [0.1, 0.15) is 0 Å². The number of carbonyl (C=O) groups excluding carboxylic acids is 1. The smallest absolute Gasteiger partial charge is 0.233 e. The van der Waals surface area contributed by atoms with E-state index in [0.29, 0.717) is 25.4 Å². The summed E-state index contributed by atoms with van der Waals surface area (Å²) in [5.74, 6) is 0.453. The molecule has 0 aliphatic carbocycles. The average molecular weight is 225 g/mol. The lowest BCUT2D eigenvalue weighted by Gasteiger charge is -2.14. The summed E-state index contributed by atoms with van der Waals surface area (Å²) in [5.41, 5.74) is 0. The maximum absolute atomic E-state index is 11.3. The van der Waals surface area contributed by atoms with E-state index in [1.54, 1.807) is 0 Å². The molecule has 0 saturated carbocycles. The molecular formula is C11H19N3O2. The minimum atomic E-state index is -0.0539. The van der Waals surface area contributed by atoms with Gasteiger partial charge in [0.15, 0.2) is 0 Å². The fraction of sp³-hybridized carbons (Fsp3) is 0.818. The van der Waals surface area contributed by atoms with Crippen LogP contribution < -0.4 is 10.6 Å². The predicted octanol–water partition coefficient (Wildman–Crippen LogP) is 0.0309. The van der Waals surface area contributed by atoms with E-state index in [1.807, 2.05) is 6.07 Å². The molecule has 0 spiro atoms. The van der Waals surface area contributed by atoms with Crippen LogP contribution in [0, 0.1) is 17.2 Å². The SMILES string of the molecule is CC1OCCC1CNCC(=O)NCCC#N. The van der Waals surface area contributed by atoms with Gasteiger partial charge in [-0.3, -0.25) is 4.79 Å². The van der Waals surface area contributed by atoms with Crippen LogP contribution in [0.1, 0.15) is 19.8 Å². The molecule has 2 unspecified atom stereocenters. The van der Waals surface area contributed by atoms with Gasteiger partial charge in [-0.05, 0) is 19.3 Å². The topological polar surface area (TPSA) is 74.2 Å². The minimum Gasteiger partial charge on any atom is -0.378 e. The second-order valence-electron chi connectivity index (χ2n) is 4.01. The Balaban J connectivity index is 2.02. The van der Waals surface area contributed by atoms with Crippen LogP contribution in [0.15, 0.2) is 0 Å². The quantitative estimate of drug-likeness (QED) is 0.625. The summed E-state index contributed by atoms with van der Waals surface area (Å²) < 4.78 is 5.43. The molecule has 1 fully saturated rings. The fourth-order valence-corrected chi connectivity index (χ4v) is 1.74. The lowest BCUT2D eigenvalue weighted by molar-refractivity contribution is -0.120. The van der Waals surface area contributed by atoms with Gasteiger partial charge in [-0.15, -0.1) is 0 Å². The van der Waals surface area contributed by atoms with Crippen molar-refractivity contribution in [3.05, 3.63) is 0 Å². The maximum atomic E-state index is 11.3. The van der Waals surface area contributed by atoms with Crippen LogP contribution in [0.25, 0.3) is 0 Å². The first-order valence-electron chi connectivity index (χ1n) is 5.70. The van der Waals surface area contributed by atoms with Gasteiger partial charge in [0, 0.05) is 19.7 Å². The molecule has 1 aliphatic rings. The van der Waals surface area contributed by atoms with Gasteiger partial charge < -0.3 is 15.4 Å². The third-order valence-corrected chi connectivity index (χ3v) is 2.78. The largest absolute Gasteiger partial charge is 0.378 e. The predicted molar refractivity (Wildman–Crippen MR) is 59.6 cm³/mol. The molecule has 1 heterocycles. The summed E-state index contributed by atoms with van der Waals surface area (Å²) in [5, 5.41) is 14.1. The fourth-order valence-electron chi connectivity index (χ4n) is 1.74. The number of hydrogen-bond donors (Lipinski definition) is 2. The highest BCUT2D eigenvalue weighted by Gasteiger charge is 2.23. The van der Waals surface area contributed by atoms with Crippen molar-refractivity contribution in [3.8, 4) is 6.07 Å². The average Bonchev–Trinajstić information content (AvgIpc) is 2.65. The number of nitrogens with zero attached hydrogens (tertiary/aromatic N) is 1. The minimum absolute atomic E-state index is 0.0539. The number of carbonyl (C=O) groups is 1. The molecular weight excluding hydrogens is 206 g/mol. The molecule has 2 N–H and O–H groups in total. The molecule has 1 amide bonds. The van der Waals surface area contributed by atoms with Crippen LogP contribution in [0.5, 0.6) is 0 Å². The van der Waals surface area contributed by atoms with Gasteiger partial charge in [-0.1, -0.05) is 0 Å². The number of ether oxygens (including phenoxy) is 1. The van der Waals surface area contributed by atoms with E-state index < -0.39 is 0 Å². The molecule has 0 aromatic carbocycles. The Morgan fingerprint density at radius 2 is 2.44 bits per heavy atom. The van der Waals surface area contributed by atoms with E-state index in [9.17, 15) is 4.79 Å². The summed E-state index contributed by atoms with van der Waals surface area (Å²) in [6.07, 6.45) is 1.71. The molecule has 16 heavy (non-hydrogen) atoms. The van der Waals surface area contributed by atoms with E-state index in [-0.39, 0.29) is 12.0 Å². The Hall–Kier alpha value is -1.12. The van der Waals surface area contributed by atoms with Crippen LogP contribution in [0.2, 0.25) is 0 Å². The van der Waals surface area contributed by atoms with E-state index in [4.69, 9.17) is 10.00 Å². The highest BCUT2D eigenvalue weighted by molar-refractivity contribution is 5.77. The summed E-state index contributed by atoms with van der Waals surface area (Å²) in [6, 6.07) is 1.98. The molecule has 2 atom stereocenters. The lowest BCUT2D eigenvalue weighted by Crippen LogP contribution is -2.37. The summed E-state index contributed by atoms with van der Waals surface area (Å²) in [7, 11) is 0. The van der Waals surface area contributed by atoms with Gasteiger partial charge >= 0.3 is 0 Å². The van der Waals surface area contributed by atoms with Gasteiger partial charge in [0.25, 0.3) is 0 Å². The molecule has 90 valence electrons. The zero-order valence-corrected chi connectivity index (χ0v) is 9.66. The van der Waals surface area contributed by atoms with E-state index in [0.717, 1.165) is 19.6 Å². The van der Waals surface area contributed by atoms with Crippen LogP contribution in [0.3, 0.4) is 0 Å². The van der Waals surface area contributed by atoms with Crippen LogP contribution in [-0.2, 0) is 9.53 Å². The molecule has 0 radical (unpaired) electrons. The van der Waals surface area contributed by atoms with Crippen molar-refractivity contribution < 1.29 is 9.53 Å². The summed E-state index contributed by atoms with van der Waals surface area (Å²) in [6.45, 7) is 4.44.